The summed E-state index contributed by atoms with van der Waals surface area (Å²) in [5.74, 6) is -0.903. The van der Waals surface area contributed by atoms with E-state index in [9.17, 15) is 4.79 Å². The highest BCUT2D eigenvalue weighted by atomic mass is 16.7. The second kappa shape index (κ2) is 8.53. The zero-order valence-electron chi connectivity index (χ0n) is 20.0. The molecule has 3 aromatic rings. The first-order valence-electron chi connectivity index (χ1n) is 11.8. The van der Waals surface area contributed by atoms with Crippen molar-refractivity contribution >= 4 is 11.5 Å². The Hall–Kier alpha value is -3.22. The van der Waals surface area contributed by atoms with Crippen molar-refractivity contribution in [2.75, 3.05) is 13.2 Å². The van der Waals surface area contributed by atoms with Gasteiger partial charge in [0.25, 0.3) is 5.91 Å². The molecule has 0 bridgehead atoms. The fourth-order valence-electron chi connectivity index (χ4n) is 4.97. The number of nitrogens with zero attached hydrogens (tertiary/aromatic N) is 2. The third-order valence-corrected chi connectivity index (χ3v) is 7.20. The Labute approximate surface area is 200 Å². The first kappa shape index (κ1) is 22.6. The number of nitrogens with two attached hydrogens (primary N) is 1. The molecule has 1 aromatic heterocycles. The summed E-state index contributed by atoms with van der Waals surface area (Å²) in [6.45, 7) is 7.78. The summed E-state index contributed by atoms with van der Waals surface area (Å²) >= 11 is 0. The van der Waals surface area contributed by atoms with Crippen molar-refractivity contribution in [1.82, 2.24) is 9.78 Å². The van der Waals surface area contributed by atoms with Crippen molar-refractivity contribution in [3.63, 3.8) is 0 Å². The molecule has 0 saturated carbocycles. The molecule has 34 heavy (non-hydrogen) atoms. The van der Waals surface area contributed by atoms with Crippen LogP contribution in [0.3, 0.4) is 0 Å². The van der Waals surface area contributed by atoms with Crippen molar-refractivity contribution in [2.24, 2.45) is 5.73 Å². The molecule has 6 nitrogen and oxygen atoms in total. The SMILES string of the molecule is Cc1cc(C(N)=O)nn1-c1ccc(C(C)(C)c2ccc(C3=CCC4(CC3)OCCO4)cc2)cc1. The monoisotopic (exact) mass is 457 g/mol. The second-order valence-electron chi connectivity index (χ2n) is 9.74. The molecule has 6 heteroatoms. The molecule has 1 aliphatic carbocycles. The van der Waals surface area contributed by atoms with Crippen LogP contribution in [-0.4, -0.2) is 34.7 Å². The van der Waals surface area contributed by atoms with Gasteiger partial charge in [-0.2, -0.15) is 5.10 Å². The zero-order chi connectivity index (χ0) is 23.9. The Morgan fingerprint density at radius 1 is 1.03 bits per heavy atom. The maximum atomic E-state index is 11.5. The topological polar surface area (TPSA) is 79.4 Å². The van der Waals surface area contributed by atoms with Crippen LogP contribution in [0.5, 0.6) is 0 Å². The van der Waals surface area contributed by atoms with E-state index in [0.717, 1.165) is 30.6 Å². The van der Waals surface area contributed by atoms with Crippen molar-refractivity contribution in [2.45, 2.75) is 51.2 Å². The third kappa shape index (κ3) is 4.08. The van der Waals surface area contributed by atoms with Gasteiger partial charge in [0.1, 0.15) is 0 Å². The molecule has 0 atom stereocenters. The van der Waals surface area contributed by atoms with Crippen LogP contribution in [0.1, 0.15) is 66.0 Å². The van der Waals surface area contributed by atoms with Gasteiger partial charge in [-0.15, -0.1) is 0 Å². The normalized spacial score (nSPS) is 17.7. The van der Waals surface area contributed by atoms with Gasteiger partial charge in [0.2, 0.25) is 0 Å². The Kier molecular flexibility index (Phi) is 5.66. The molecule has 1 amide bonds. The highest BCUT2D eigenvalue weighted by Gasteiger charge is 2.37. The van der Waals surface area contributed by atoms with Crippen molar-refractivity contribution < 1.29 is 14.3 Å². The highest BCUT2D eigenvalue weighted by Crippen LogP contribution is 2.39. The molecule has 176 valence electrons. The number of primary amides is 1. The zero-order valence-corrected chi connectivity index (χ0v) is 20.0. The van der Waals surface area contributed by atoms with Gasteiger partial charge in [-0.05, 0) is 53.8 Å². The van der Waals surface area contributed by atoms with Crippen molar-refractivity contribution in [3.05, 3.63) is 88.8 Å². The summed E-state index contributed by atoms with van der Waals surface area (Å²) in [5.41, 5.74) is 12.3. The van der Waals surface area contributed by atoms with E-state index < -0.39 is 5.91 Å². The molecule has 1 fully saturated rings. The van der Waals surface area contributed by atoms with Crippen LogP contribution < -0.4 is 5.73 Å². The van der Waals surface area contributed by atoms with E-state index in [-0.39, 0.29) is 16.9 Å². The molecule has 2 aliphatic rings. The van der Waals surface area contributed by atoms with E-state index in [0.29, 0.717) is 13.2 Å². The van der Waals surface area contributed by atoms with Crippen LogP contribution in [-0.2, 0) is 14.9 Å². The minimum Gasteiger partial charge on any atom is -0.364 e. The predicted molar refractivity (Wildman–Crippen MR) is 132 cm³/mol. The minimum absolute atomic E-state index is 0.162. The number of amides is 1. The van der Waals surface area contributed by atoms with Gasteiger partial charge >= 0.3 is 0 Å². The molecular formula is C28H31N3O3. The Morgan fingerprint density at radius 3 is 2.18 bits per heavy atom. The number of ether oxygens (including phenoxy) is 2. The van der Waals surface area contributed by atoms with Crippen LogP contribution in [0.4, 0.5) is 0 Å². The van der Waals surface area contributed by atoms with E-state index in [1.165, 1.54) is 22.3 Å². The van der Waals surface area contributed by atoms with Gasteiger partial charge in [0, 0.05) is 24.0 Å². The Balaban J connectivity index is 1.34. The van der Waals surface area contributed by atoms with Crippen LogP contribution in [0.25, 0.3) is 11.3 Å². The van der Waals surface area contributed by atoms with Crippen LogP contribution in [0, 0.1) is 6.92 Å². The predicted octanol–water partition coefficient (Wildman–Crippen LogP) is 4.92. The molecule has 0 unspecified atom stereocenters. The highest BCUT2D eigenvalue weighted by molar-refractivity contribution is 5.90. The molecule has 2 heterocycles. The molecule has 0 radical (unpaired) electrons. The number of carbonyl (C=O) groups is 1. The summed E-state index contributed by atoms with van der Waals surface area (Å²) < 4.78 is 13.4. The van der Waals surface area contributed by atoms with Gasteiger partial charge in [0.05, 0.1) is 18.9 Å². The fraction of sp³-hybridized carbons (Fsp3) is 0.357. The van der Waals surface area contributed by atoms with Crippen molar-refractivity contribution in [1.29, 1.82) is 0 Å². The molecule has 5 rings (SSSR count). The summed E-state index contributed by atoms with van der Waals surface area (Å²) in [7, 11) is 0. The number of hydrogen-bond donors (Lipinski definition) is 1. The van der Waals surface area contributed by atoms with Crippen LogP contribution in [0.2, 0.25) is 0 Å². The summed E-state index contributed by atoms with van der Waals surface area (Å²) in [5, 5.41) is 4.33. The fourth-order valence-corrected chi connectivity index (χ4v) is 4.97. The Morgan fingerprint density at radius 2 is 1.65 bits per heavy atom. The first-order valence-corrected chi connectivity index (χ1v) is 11.8. The lowest BCUT2D eigenvalue weighted by Crippen LogP contribution is -2.31. The lowest BCUT2D eigenvalue weighted by Gasteiger charge is -2.31. The molecule has 1 aliphatic heterocycles. The lowest BCUT2D eigenvalue weighted by molar-refractivity contribution is -0.159. The van der Waals surface area contributed by atoms with E-state index in [1.54, 1.807) is 10.7 Å². The average Bonchev–Trinajstić information content (AvgIpc) is 3.46. The number of aryl methyl sites for hydroxylation is 1. The van der Waals surface area contributed by atoms with Crippen LogP contribution >= 0.6 is 0 Å². The molecule has 2 aromatic carbocycles. The van der Waals surface area contributed by atoms with Gasteiger partial charge < -0.3 is 15.2 Å². The standard InChI is InChI=1S/C28H31N3O3/c1-19-18-25(26(29)32)30-31(19)24-10-8-23(9-11-24)27(2,3)22-6-4-20(5-7-22)21-12-14-28(15-13-21)33-16-17-34-28/h4-12,18H,13-17H2,1-3H3,(H2,29,32). The van der Waals surface area contributed by atoms with Crippen LogP contribution in [0.15, 0.2) is 60.7 Å². The number of allylic oxidation sites excluding steroid dienone is 1. The molecule has 1 spiro atoms. The number of aromatic nitrogens is 2. The minimum atomic E-state index is -0.522. The second-order valence-corrected chi connectivity index (χ2v) is 9.74. The van der Waals surface area contributed by atoms with E-state index in [1.807, 2.05) is 19.1 Å². The van der Waals surface area contributed by atoms with Crippen molar-refractivity contribution in [3.8, 4) is 5.69 Å². The maximum absolute atomic E-state index is 11.5. The molecule has 2 N–H and O–H groups in total. The summed E-state index contributed by atoms with van der Waals surface area (Å²) in [6.07, 6.45) is 4.97. The summed E-state index contributed by atoms with van der Waals surface area (Å²) in [6, 6.07) is 18.9. The molecule has 1 saturated heterocycles. The number of rotatable bonds is 5. The number of carbonyl (C=O) groups excluding carboxylic acids is 1. The van der Waals surface area contributed by atoms with Gasteiger partial charge in [-0.25, -0.2) is 4.68 Å². The largest absolute Gasteiger partial charge is 0.364 e. The number of hydrogen-bond acceptors (Lipinski definition) is 4. The summed E-state index contributed by atoms with van der Waals surface area (Å²) in [4.78, 5) is 11.5. The van der Waals surface area contributed by atoms with Gasteiger partial charge in [0.15, 0.2) is 11.5 Å². The number of benzene rings is 2. The quantitative estimate of drug-likeness (QED) is 0.590. The smallest absolute Gasteiger partial charge is 0.269 e. The molecular weight excluding hydrogens is 426 g/mol. The van der Waals surface area contributed by atoms with E-state index in [2.05, 4.69) is 61.4 Å². The maximum Gasteiger partial charge on any atom is 0.269 e. The average molecular weight is 458 g/mol. The van der Waals surface area contributed by atoms with Gasteiger partial charge in [-0.3, -0.25) is 4.79 Å². The lowest BCUT2D eigenvalue weighted by atomic mass is 9.77. The van der Waals surface area contributed by atoms with E-state index in [4.69, 9.17) is 15.2 Å². The first-order chi connectivity index (χ1) is 16.3. The van der Waals surface area contributed by atoms with E-state index >= 15 is 0 Å². The third-order valence-electron chi connectivity index (χ3n) is 7.20. The van der Waals surface area contributed by atoms with Gasteiger partial charge in [-0.1, -0.05) is 56.3 Å². The Bertz CT molecular complexity index is 1230.